The molecule has 0 radical (unpaired) electrons. The summed E-state index contributed by atoms with van der Waals surface area (Å²) in [6.07, 6.45) is 3.58. The zero-order valence-electron chi connectivity index (χ0n) is 16.9. The van der Waals surface area contributed by atoms with Gasteiger partial charge < -0.3 is 19.7 Å². The summed E-state index contributed by atoms with van der Waals surface area (Å²) in [5, 5.41) is 15.5. The molecular formula is C19H26N6O4. The monoisotopic (exact) mass is 402 g/mol. The minimum Gasteiger partial charge on any atom is -0.480 e. The highest BCUT2D eigenvalue weighted by Crippen LogP contribution is 2.17. The van der Waals surface area contributed by atoms with E-state index < -0.39 is 0 Å². The molecule has 10 heteroatoms. The highest BCUT2D eigenvalue weighted by molar-refractivity contribution is 5.95. The maximum absolute atomic E-state index is 12.8. The number of methoxy groups -OCH3 is 2. The maximum Gasteiger partial charge on any atom is 0.254 e. The van der Waals surface area contributed by atoms with Crippen LogP contribution in [0.2, 0.25) is 0 Å². The number of hydrogen-bond acceptors (Lipinski definition) is 7. The number of amides is 2. The van der Waals surface area contributed by atoms with Crippen LogP contribution in [0.4, 0.5) is 0 Å². The fourth-order valence-electron chi connectivity index (χ4n) is 3.39. The summed E-state index contributed by atoms with van der Waals surface area (Å²) in [7, 11) is 3.03. The van der Waals surface area contributed by atoms with Crippen LogP contribution in [0.15, 0.2) is 18.3 Å². The molecule has 29 heavy (non-hydrogen) atoms. The number of nitrogens with zero attached hydrogens (tertiary/aromatic N) is 5. The number of nitrogens with one attached hydrogen (secondary N) is 1. The van der Waals surface area contributed by atoms with Gasteiger partial charge in [-0.1, -0.05) is 6.92 Å². The van der Waals surface area contributed by atoms with Crippen LogP contribution < -0.4 is 10.1 Å². The van der Waals surface area contributed by atoms with Gasteiger partial charge in [-0.15, -0.1) is 10.2 Å². The summed E-state index contributed by atoms with van der Waals surface area (Å²) in [6, 6.07) is 3.46. The van der Waals surface area contributed by atoms with Crippen molar-refractivity contribution >= 4 is 11.8 Å². The first-order chi connectivity index (χ1) is 14.1. The minimum absolute atomic E-state index is 0.0166. The van der Waals surface area contributed by atoms with Gasteiger partial charge in [-0.05, 0) is 25.3 Å². The first-order valence-corrected chi connectivity index (χ1v) is 9.59. The van der Waals surface area contributed by atoms with Crippen LogP contribution in [-0.4, -0.2) is 76.6 Å². The number of carbonyl (C=O) groups excluding carboxylic acids is 2. The third-order valence-corrected chi connectivity index (χ3v) is 4.95. The number of hydrogen-bond donors (Lipinski definition) is 1. The Bertz CT molecular complexity index is 843. The van der Waals surface area contributed by atoms with Gasteiger partial charge in [0.1, 0.15) is 6.61 Å². The lowest BCUT2D eigenvalue weighted by Gasteiger charge is -2.32. The van der Waals surface area contributed by atoms with E-state index in [9.17, 15) is 9.59 Å². The van der Waals surface area contributed by atoms with E-state index in [1.807, 2.05) is 6.92 Å². The van der Waals surface area contributed by atoms with Crippen LogP contribution in [0.3, 0.4) is 0 Å². The number of aromatic nitrogens is 4. The van der Waals surface area contributed by atoms with Gasteiger partial charge in [0.25, 0.3) is 5.91 Å². The van der Waals surface area contributed by atoms with Crippen LogP contribution in [0, 0.1) is 0 Å². The largest absolute Gasteiger partial charge is 0.480 e. The lowest BCUT2D eigenvalue weighted by Crippen LogP contribution is -2.47. The summed E-state index contributed by atoms with van der Waals surface area (Å²) >= 11 is 0. The lowest BCUT2D eigenvalue weighted by atomic mass is 10.0. The van der Waals surface area contributed by atoms with Crippen LogP contribution in [-0.2, 0) is 16.0 Å². The van der Waals surface area contributed by atoms with Crippen LogP contribution in [0.25, 0.3) is 5.82 Å². The zero-order valence-corrected chi connectivity index (χ0v) is 16.9. The van der Waals surface area contributed by atoms with Gasteiger partial charge >= 0.3 is 0 Å². The Balaban J connectivity index is 1.66. The molecule has 2 amide bonds. The molecule has 0 saturated carbocycles. The van der Waals surface area contributed by atoms with Crippen LogP contribution >= 0.6 is 0 Å². The Hall–Kier alpha value is -3.01. The van der Waals surface area contributed by atoms with Crippen molar-refractivity contribution in [3.63, 3.8) is 0 Å². The molecule has 0 aliphatic carbocycles. The molecule has 2 aromatic heterocycles. The first kappa shape index (κ1) is 20.7. The Kier molecular flexibility index (Phi) is 6.76. The quantitative estimate of drug-likeness (QED) is 0.722. The third kappa shape index (κ3) is 4.70. The summed E-state index contributed by atoms with van der Waals surface area (Å²) < 4.78 is 11.5. The van der Waals surface area contributed by atoms with E-state index in [2.05, 4.69) is 20.6 Å². The Morgan fingerprint density at radius 2 is 1.97 bits per heavy atom. The number of rotatable bonds is 7. The summed E-state index contributed by atoms with van der Waals surface area (Å²) in [5.74, 6) is 0.738. The van der Waals surface area contributed by atoms with Gasteiger partial charge in [-0.25, -0.2) is 4.68 Å². The van der Waals surface area contributed by atoms with Crippen molar-refractivity contribution < 1.29 is 19.1 Å². The smallest absolute Gasteiger partial charge is 0.254 e. The highest BCUT2D eigenvalue weighted by atomic mass is 16.5. The molecule has 1 aliphatic heterocycles. The molecule has 0 atom stereocenters. The second-order valence-corrected chi connectivity index (χ2v) is 6.77. The molecule has 1 aliphatic rings. The lowest BCUT2D eigenvalue weighted by molar-refractivity contribution is -0.136. The van der Waals surface area contributed by atoms with Crippen molar-refractivity contribution in [3.8, 4) is 11.7 Å². The molecule has 0 bridgehead atoms. The SMILES string of the molecule is CCc1c(C(=O)NC2CCN(C(=O)COC)CC2)cnn1-c1ccc(OC)nn1. The summed E-state index contributed by atoms with van der Waals surface area (Å²) in [6.45, 7) is 3.26. The molecule has 3 heterocycles. The van der Waals surface area contributed by atoms with Crippen molar-refractivity contribution in [3.05, 3.63) is 29.6 Å². The topological polar surface area (TPSA) is 111 Å². The summed E-state index contributed by atoms with van der Waals surface area (Å²) in [4.78, 5) is 26.5. The number of carbonyl (C=O) groups is 2. The molecule has 2 aromatic rings. The van der Waals surface area contributed by atoms with Crippen molar-refractivity contribution in [2.75, 3.05) is 33.9 Å². The van der Waals surface area contributed by atoms with E-state index in [0.717, 1.165) is 5.69 Å². The Morgan fingerprint density at radius 1 is 1.21 bits per heavy atom. The average molecular weight is 402 g/mol. The van der Waals surface area contributed by atoms with E-state index in [4.69, 9.17) is 9.47 Å². The van der Waals surface area contributed by atoms with Gasteiger partial charge in [0.2, 0.25) is 11.8 Å². The van der Waals surface area contributed by atoms with Crippen LogP contribution in [0.1, 0.15) is 35.8 Å². The van der Waals surface area contributed by atoms with E-state index >= 15 is 0 Å². The second kappa shape index (κ2) is 9.46. The van der Waals surface area contributed by atoms with Crippen molar-refractivity contribution in [2.45, 2.75) is 32.2 Å². The Labute approximate surface area is 169 Å². The molecule has 0 spiro atoms. The predicted molar refractivity (Wildman–Crippen MR) is 104 cm³/mol. The van der Waals surface area contributed by atoms with Crippen molar-refractivity contribution in [1.29, 1.82) is 0 Å². The first-order valence-electron chi connectivity index (χ1n) is 9.59. The predicted octanol–water partition coefficient (Wildman–Crippen LogP) is 0.601. The molecule has 3 rings (SSSR count). The summed E-state index contributed by atoms with van der Waals surface area (Å²) in [5.41, 5.74) is 1.28. The fraction of sp³-hybridized carbons (Fsp3) is 0.526. The number of piperidine rings is 1. The molecular weight excluding hydrogens is 376 g/mol. The maximum atomic E-state index is 12.8. The fourth-order valence-corrected chi connectivity index (χ4v) is 3.39. The Morgan fingerprint density at radius 3 is 2.55 bits per heavy atom. The second-order valence-electron chi connectivity index (χ2n) is 6.77. The third-order valence-electron chi connectivity index (χ3n) is 4.95. The van der Waals surface area contributed by atoms with Crippen LogP contribution in [0.5, 0.6) is 5.88 Å². The molecule has 1 fully saturated rings. The standard InChI is InChI=1S/C19H26N6O4/c1-4-15-14(11-20-25(15)16-5-6-17(29-3)23-22-16)19(27)21-13-7-9-24(10-8-13)18(26)12-28-2/h5-6,11,13H,4,7-10,12H2,1-3H3,(H,21,27). The van der Waals surface area contributed by atoms with Gasteiger partial charge in [0, 0.05) is 32.3 Å². The van der Waals surface area contributed by atoms with E-state index in [0.29, 0.717) is 49.6 Å². The van der Waals surface area contributed by atoms with Crippen molar-refractivity contribution in [2.24, 2.45) is 0 Å². The highest BCUT2D eigenvalue weighted by Gasteiger charge is 2.25. The molecule has 1 N–H and O–H groups in total. The van der Waals surface area contributed by atoms with Gasteiger partial charge in [0.05, 0.1) is 24.6 Å². The molecule has 1 saturated heterocycles. The van der Waals surface area contributed by atoms with Crippen molar-refractivity contribution in [1.82, 2.24) is 30.2 Å². The average Bonchev–Trinajstić information content (AvgIpc) is 3.18. The molecule has 0 aromatic carbocycles. The van der Waals surface area contributed by atoms with E-state index in [-0.39, 0.29) is 24.5 Å². The minimum atomic E-state index is -0.170. The molecule has 10 nitrogen and oxygen atoms in total. The number of likely N-dealkylation sites (tertiary alicyclic amines) is 1. The van der Waals surface area contributed by atoms with Gasteiger partial charge in [-0.2, -0.15) is 5.10 Å². The van der Waals surface area contributed by atoms with E-state index in [1.165, 1.54) is 14.2 Å². The zero-order chi connectivity index (χ0) is 20.8. The number of ether oxygens (including phenoxy) is 2. The van der Waals surface area contributed by atoms with E-state index in [1.54, 1.807) is 27.9 Å². The van der Waals surface area contributed by atoms with Gasteiger partial charge in [0.15, 0.2) is 5.82 Å². The van der Waals surface area contributed by atoms with Gasteiger partial charge in [-0.3, -0.25) is 9.59 Å². The molecule has 156 valence electrons. The normalized spacial score (nSPS) is 14.7. The molecule has 0 unspecified atom stereocenters.